The van der Waals surface area contributed by atoms with Crippen LogP contribution in [0.1, 0.15) is 59.4 Å². The van der Waals surface area contributed by atoms with E-state index in [9.17, 15) is 18.0 Å². The van der Waals surface area contributed by atoms with Crippen LogP contribution in [-0.4, -0.2) is 49.7 Å². The molecule has 0 saturated carbocycles. The van der Waals surface area contributed by atoms with E-state index in [-0.39, 0.29) is 23.8 Å². The van der Waals surface area contributed by atoms with Crippen molar-refractivity contribution in [1.82, 2.24) is 14.9 Å². The van der Waals surface area contributed by atoms with E-state index in [1.165, 1.54) is 6.92 Å². The summed E-state index contributed by atoms with van der Waals surface area (Å²) in [7, 11) is -3.57. The topological polar surface area (TPSA) is 95.6 Å². The van der Waals surface area contributed by atoms with Crippen LogP contribution < -0.4 is 10.6 Å². The van der Waals surface area contributed by atoms with Crippen LogP contribution in [0.5, 0.6) is 0 Å². The summed E-state index contributed by atoms with van der Waals surface area (Å²) in [6.45, 7) is 11.8. The fourth-order valence-electron chi connectivity index (χ4n) is 3.16. The van der Waals surface area contributed by atoms with Crippen molar-refractivity contribution in [1.29, 1.82) is 0 Å². The third-order valence-electron chi connectivity index (χ3n) is 4.83. The summed E-state index contributed by atoms with van der Waals surface area (Å²) in [5.74, 6) is -0.254. The maximum atomic E-state index is 13.2. The zero-order chi connectivity index (χ0) is 22.9. The second kappa shape index (κ2) is 12.1. The smallest absolute Gasteiger partial charge is 0.243 e. The lowest BCUT2D eigenvalue weighted by Crippen LogP contribution is -2.44. The number of sulfonamides is 1. The average Bonchev–Trinajstić information content (AvgIpc) is 2.65. The Hall–Kier alpha value is -1.93. The van der Waals surface area contributed by atoms with Crippen molar-refractivity contribution in [2.75, 3.05) is 13.1 Å². The SMILES string of the molecule is CC(=O)N[C@@H](C)C(=O)NCCCC[C@@H](C)N(CC(C)C)S(=O)(=O)c1ccc(C)cc1. The van der Waals surface area contributed by atoms with Crippen LogP contribution in [0.3, 0.4) is 0 Å². The van der Waals surface area contributed by atoms with Gasteiger partial charge in [0.15, 0.2) is 0 Å². The summed E-state index contributed by atoms with van der Waals surface area (Å²) in [6.07, 6.45) is 2.23. The molecule has 0 aliphatic rings. The Morgan fingerprint density at radius 2 is 1.63 bits per heavy atom. The van der Waals surface area contributed by atoms with E-state index in [1.807, 2.05) is 39.8 Å². The molecule has 1 aromatic rings. The first-order chi connectivity index (χ1) is 13.9. The van der Waals surface area contributed by atoms with Crippen LogP contribution in [0.2, 0.25) is 0 Å². The van der Waals surface area contributed by atoms with Gasteiger partial charge in [0, 0.05) is 26.1 Å². The minimum Gasteiger partial charge on any atom is -0.354 e. The molecule has 0 aromatic heterocycles. The lowest BCUT2D eigenvalue weighted by molar-refractivity contribution is -0.127. The molecule has 0 heterocycles. The average molecular weight is 440 g/mol. The number of rotatable bonds is 12. The normalized spacial score (nSPS) is 13.9. The van der Waals surface area contributed by atoms with Gasteiger partial charge >= 0.3 is 0 Å². The minimum atomic E-state index is -3.57. The molecule has 0 saturated heterocycles. The van der Waals surface area contributed by atoms with Crippen molar-refractivity contribution in [3.05, 3.63) is 29.8 Å². The molecule has 0 bridgehead atoms. The van der Waals surface area contributed by atoms with Crippen LogP contribution >= 0.6 is 0 Å². The zero-order valence-electron chi connectivity index (χ0n) is 19.1. The van der Waals surface area contributed by atoms with E-state index in [1.54, 1.807) is 23.4 Å². The van der Waals surface area contributed by atoms with E-state index >= 15 is 0 Å². The molecule has 2 amide bonds. The first kappa shape index (κ1) is 26.1. The van der Waals surface area contributed by atoms with Crippen molar-refractivity contribution in [2.24, 2.45) is 5.92 Å². The van der Waals surface area contributed by atoms with Crippen LogP contribution in [0.4, 0.5) is 0 Å². The molecule has 0 fully saturated rings. The number of benzene rings is 1. The maximum absolute atomic E-state index is 13.2. The molecule has 2 atom stereocenters. The molecule has 30 heavy (non-hydrogen) atoms. The third kappa shape index (κ3) is 8.44. The fourth-order valence-corrected chi connectivity index (χ4v) is 4.99. The van der Waals surface area contributed by atoms with E-state index < -0.39 is 16.1 Å². The summed E-state index contributed by atoms with van der Waals surface area (Å²) in [5.41, 5.74) is 1.02. The van der Waals surface area contributed by atoms with Gasteiger partial charge in [-0.3, -0.25) is 9.59 Å². The number of amides is 2. The molecule has 1 rings (SSSR count). The molecule has 0 spiro atoms. The van der Waals surface area contributed by atoms with Gasteiger partial charge in [0.2, 0.25) is 21.8 Å². The largest absolute Gasteiger partial charge is 0.354 e. The van der Waals surface area contributed by atoms with Gasteiger partial charge in [-0.1, -0.05) is 38.0 Å². The second-order valence-electron chi connectivity index (χ2n) is 8.34. The molecule has 0 aliphatic carbocycles. The molecular formula is C22H37N3O4S. The van der Waals surface area contributed by atoms with Crippen molar-refractivity contribution < 1.29 is 18.0 Å². The van der Waals surface area contributed by atoms with Gasteiger partial charge in [0.1, 0.15) is 6.04 Å². The van der Waals surface area contributed by atoms with Crippen molar-refractivity contribution in [2.45, 2.75) is 77.8 Å². The molecule has 1 aromatic carbocycles. The number of unbranched alkanes of at least 4 members (excludes halogenated alkanes) is 1. The first-order valence-electron chi connectivity index (χ1n) is 10.6. The van der Waals surface area contributed by atoms with Crippen LogP contribution in [0.25, 0.3) is 0 Å². The van der Waals surface area contributed by atoms with Gasteiger partial charge in [0.05, 0.1) is 4.90 Å². The Balaban J connectivity index is 2.63. The Bertz CT molecular complexity index is 791. The molecule has 0 aliphatic heterocycles. The number of nitrogens with one attached hydrogen (secondary N) is 2. The molecule has 2 N–H and O–H groups in total. The highest BCUT2D eigenvalue weighted by atomic mass is 32.2. The van der Waals surface area contributed by atoms with Crippen molar-refractivity contribution >= 4 is 21.8 Å². The highest BCUT2D eigenvalue weighted by molar-refractivity contribution is 7.89. The highest BCUT2D eigenvalue weighted by Crippen LogP contribution is 2.22. The van der Waals surface area contributed by atoms with Crippen LogP contribution in [-0.2, 0) is 19.6 Å². The van der Waals surface area contributed by atoms with Gasteiger partial charge in [-0.25, -0.2) is 8.42 Å². The van der Waals surface area contributed by atoms with E-state index in [0.29, 0.717) is 24.4 Å². The maximum Gasteiger partial charge on any atom is 0.243 e. The standard InChI is InChI=1S/C22H37N3O4S/c1-16(2)15-25(30(28,29)21-12-10-17(3)11-13-21)18(4)9-7-8-14-23-22(27)19(5)24-20(6)26/h10-13,16,18-19H,7-9,14-15H2,1-6H3,(H,23,27)(H,24,26)/t18-,19+/m1/s1. The molecule has 8 heteroatoms. The minimum absolute atomic E-state index is 0.146. The molecule has 170 valence electrons. The Morgan fingerprint density at radius 1 is 1.03 bits per heavy atom. The predicted octanol–water partition coefficient (Wildman–Crippen LogP) is 2.84. The quantitative estimate of drug-likeness (QED) is 0.490. The molecule has 0 unspecified atom stereocenters. The molecular weight excluding hydrogens is 402 g/mol. The summed E-state index contributed by atoms with van der Waals surface area (Å²) in [4.78, 5) is 23.2. The molecule has 0 radical (unpaired) electrons. The lowest BCUT2D eigenvalue weighted by atomic mass is 10.1. The summed E-state index contributed by atoms with van der Waals surface area (Å²) >= 11 is 0. The van der Waals surface area contributed by atoms with E-state index in [0.717, 1.165) is 18.4 Å². The van der Waals surface area contributed by atoms with Gasteiger partial charge in [-0.2, -0.15) is 4.31 Å². The Labute approximate surface area is 181 Å². The monoisotopic (exact) mass is 439 g/mol. The zero-order valence-corrected chi connectivity index (χ0v) is 19.9. The summed E-state index contributed by atoms with van der Waals surface area (Å²) in [5, 5.41) is 5.34. The lowest BCUT2D eigenvalue weighted by Gasteiger charge is -2.30. The number of hydrogen-bond donors (Lipinski definition) is 2. The highest BCUT2D eigenvalue weighted by Gasteiger charge is 2.29. The fraction of sp³-hybridized carbons (Fsp3) is 0.636. The second-order valence-corrected chi connectivity index (χ2v) is 10.2. The number of carbonyl (C=O) groups excluding carboxylic acids is 2. The van der Waals surface area contributed by atoms with Gasteiger partial charge in [-0.05, 0) is 51.7 Å². The first-order valence-corrected chi connectivity index (χ1v) is 12.0. The number of hydrogen-bond acceptors (Lipinski definition) is 4. The Morgan fingerprint density at radius 3 is 2.17 bits per heavy atom. The van der Waals surface area contributed by atoms with Gasteiger partial charge in [-0.15, -0.1) is 0 Å². The Kier molecular flexibility index (Phi) is 10.5. The van der Waals surface area contributed by atoms with Crippen LogP contribution in [0, 0.1) is 12.8 Å². The van der Waals surface area contributed by atoms with E-state index in [2.05, 4.69) is 10.6 Å². The third-order valence-corrected chi connectivity index (χ3v) is 6.82. The van der Waals surface area contributed by atoms with E-state index in [4.69, 9.17) is 0 Å². The van der Waals surface area contributed by atoms with Gasteiger partial charge < -0.3 is 10.6 Å². The predicted molar refractivity (Wildman–Crippen MR) is 120 cm³/mol. The summed E-state index contributed by atoms with van der Waals surface area (Å²) < 4.78 is 28.0. The van der Waals surface area contributed by atoms with Crippen molar-refractivity contribution in [3.8, 4) is 0 Å². The number of nitrogens with zero attached hydrogens (tertiary/aromatic N) is 1. The number of aryl methyl sites for hydroxylation is 1. The van der Waals surface area contributed by atoms with Crippen molar-refractivity contribution in [3.63, 3.8) is 0 Å². The summed E-state index contributed by atoms with van der Waals surface area (Å²) in [6, 6.07) is 6.24. The van der Waals surface area contributed by atoms with Gasteiger partial charge in [0.25, 0.3) is 0 Å². The molecule has 7 nitrogen and oxygen atoms in total. The van der Waals surface area contributed by atoms with Crippen LogP contribution in [0.15, 0.2) is 29.2 Å². The number of carbonyl (C=O) groups is 2.